The molecule has 2 aromatic carbocycles. The van der Waals surface area contributed by atoms with Crippen molar-refractivity contribution in [3.8, 4) is 0 Å². The number of benzene rings is 2. The number of rotatable bonds is 12. The van der Waals surface area contributed by atoms with Crippen molar-refractivity contribution in [1.29, 1.82) is 0 Å². The van der Waals surface area contributed by atoms with Crippen LogP contribution in [0.2, 0.25) is 0 Å². The lowest BCUT2D eigenvalue weighted by Gasteiger charge is -2.29. The first-order chi connectivity index (χ1) is 13.8. The molecular formula is C24H36NO3P. The van der Waals surface area contributed by atoms with Gasteiger partial charge in [0.05, 0.1) is 13.2 Å². The zero-order chi connectivity index (χ0) is 21.3. The summed E-state index contributed by atoms with van der Waals surface area (Å²) >= 11 is 0. The van der Waals surface area contributed by atoms with Crippen molar-refractivity contribution in [2.24, 2.45) is 11.8 Å². The number of aryl methyl sites for hydroxylation is 1. The monoisotopic (exact) mass is 417 g/mol. The predicted molar refractivity (Wildman–Crippen MR) is 122 cm³/mol. The van der Waals surface area contributed by atoms with Gasteiger partial charge in [-0.25, -0.2) is 0 Å². The van der Waals surface area contributed by atoms with Crippen molar-refractivity contribution in [1.82, 2.24) is 0 Å². The molecule has 0 aliphatic heterocycles. The summed E-state index contributed by atoms with van der Waals surface area (Å²) in [7, 11) is -3.45. The van der Waals surface area contributed by atoms with Gasteiger partial charge < -0.3 is 14.4 Å². The second kappa shape index (κ2) is 11.5. The van der Waals surface area contributed by atoms with Gasteiger partial charge in [0.1, 0.15) is 0 Å². The molecule has 0 unspecified atom stereocenters. The predicted octanol–water partition coefficient (Wildman–Crippen LogP) is 7.42. The summed E-state index contributed by atoms with van der Waals surface area (Å²) < 4.78 is 26.1. The molecule has 0 aromatic heterocycles. The smallest absolute Gasteiger partial charge is 0.357 e. The van der Waals surface area contributed by atoms with Crippen molar-refractivity contribution in [3.05, 3.63) is 65.7 Å². The highest BCUT2D eigenvalue weighted by Crippen LogP contribution is 2.61. The Hall–Kier alpha value is -1.61. The minimum atomic E-state index is -3.45. The molecule has 1 atom stereocenters. The number of hydrogen-bond donors (Lipinski definition) is 1. The third kappa shape index (κ3) is 7.97. The van der Waals surface area contributed by atoms with Crippen molar-refractivity contribution in [2.75, 3.05) is 18.5 Å². The molecule has 0 radical (unpaired) electrons. The van der Waals surface area contributed by atoms with Crippen LogP contribution in [0.1, 0.15) is 57.4 Å². The lowest BCUT2D eigenvalue weighted by atomic mass is 10.2. The average molecular weight is 418 g/mol. The van der Waals surface area contributed by atoms with E-state index in [0.29, 0.717) is 25.0 Å². The molecule has 1 N–H and O–H groups in total. The fraction of sp³-hybridized carbons (Fsp3) is 0.500. The van der Waals surface area contributed by atoms with Gasteiger partial charge in [-0.15, -0.1) is 0 Å². The van der Waals surface area contributed by atoms with E-state index in [4.69, 9.17) is 9.05 Å². The van der Waals surface area contributed by atoms with Crippen molar-refractivity contribution < 1.29 is 13.6 Å². The van der Waals surface area contributed by atoms with Crippen LogP contribution >= 0.6 is 7.60 Å². The molecule has 160 valence electrons. The lowest BCUT2D eigenvalue weighted by Crippen LogP contribution is -2.16. The molecule has 4 nitrogen and oxygen atoms in total. The SMILES string of the molecule is Cc1ccc(N[C@H](c2ccccc2)P(=O)(OCCC(C)C)OCCC(C)C)cc1. The van der Waals surface area contributed by atoms with Gasteiger partial charge in [0.15, 0.2) is 5.78 Å². The summed E-state index contributed by atoms with van der Waals surface area (Å²) in [4.78, 5) is 0. The summed E-state index contributed by atoms with van der Waals surface area (Å²) in [6.07, 6.45) is 1.67. The summed E-state index contributed by atoms with van der Waals surface area (Å²) in [5.41, 5.74) is 2.96. The molecule has 5 heteroatoms. The van der Waals surface area contributed by atoms with Crippen LogP contribution in [0.5, 0.6) is 0 Å². The van der Waals surface area contributed by atoms with Crippen LogP contribution in [-0.4, -0.2) is 13.2 Å². The highest BCUT2D eigenvalue weighted by atomic mass is 31.2. The molecular weight excluding hydrogens is 381 g/mol. The van der Waals surface area contributed by atoms with Gasteiger partial charge in [-0.1, -0.05) is 75.7 Å². The van der Waals surface area contributed by atoms with E-state index in [0.717, 1.165) is 24.1 Å². The molecule has 0 spiro atoms. The normalized spacial score (nSPS) is 13.1. The second-order valence-electron chi connectivity index (χ2n) is 8.39. The van der Waals surface area contributed by atoms with Gasteiger partial charge in [0.2, 0.25) is 0 Å². The van der Waals surface area contributed by atoms with Crippen molar-refractivity contribution in [2.45, 2.75) is 53.2 Å². The Morgan fingerprint density at radius 3 is 1.83 bits per heavy atom. The highest BCUT2D eigenvalue weighted by molar-refractivity contribution is 7.54. The van der Waals surface area contributed by atoms with Crippen molar-refractivity contribution >= 4 is 13.3 Å². The standard InChI is InChI=1S/C24H36NO3P/c1-19(2)15-17-27-29(26,28-18-16-20(3)4)24(22-9-7-6-8-10-22)25-23-13-11-21(5)12-14-23/h6-14,19-20,24-25H,15-18H2,1-5H3/t24-/m0/s1. The van der Waals surface area contributed by atoms with Crippen LogP contribution in [0.4, 0.5) is 5.69 Å². The van der Waals surface area contributed by atoms with Crippen LogP contribution < -0.4 is 5.32 Å². The topological polar surface area (TPSA) is 47.6 Å². The Balaban J connectivity index is 2.32. The summed E-state index contributed by atoms with van der Waals surface area (Å²) in [6.45, 7) is 11.4. The maximum absolute atomic E-state index is 14.0. The van der Waals surface area contributed by atoms with Crippen molar-refractivity contribution in [3.63, 3.8) is 0 Å². The quantitative estimate of drug-likeness (QED) is 0.365. The summed E-state index contributed by atoms with van der Waals surface area (Å²) in [6, 6.07) is 17.9. The fourth-order valence-electron chi connectivity index (χ4n) is 2.81. The zero-order valence-corrected chi connectivity index (χ0v) is 19.3. The molecule has 29 heavy (non-hydrogen) atoms. The van der Waals surface area contributed by atoms with E-state index in [1.165, 1.54) is 5.56 Å². The molecule has 0 bridgehead atoms. The Morgan fingerprint density at radius 2 is 1.34 bits per heavy atom. The van der Waals surface area contributed by atoms with Crippen LogP contribution in [-0.2, 0) is 13.6 Å². The molecule has 2 aromatic rings. The van der Waals surface area contributed by atoms with E-state index in [-0.39, 0.29) is 0 Å². The van der Waals surface area contributed by atoms with Gasteiger partial charge in [-0.2, -0.15) is 0 Å². The lowest BCUT2D eigenvalue weighted by molar-refractivity contribution is 0.184. The third-order valence-corrected chi connectivity index (χ3v) is 6.86. The average Bonchev–Trinajstić information content (AvgIpc) is 2.67. The number of anilines is 1. The molecule has 0 aliphatic rings. The highest BCUT2D eigenvalue weighted by Gasteiger charge is 2.37. The fourth-order valence-corrected chi connectivity index (χ4v) is 4.74. The Labute approximate surface area is 176 Å². The summed E-state index contributed by atoms with van der Waals surface area (Å²) in [5.74, 6) is 0.379. The Kier molecular flexibility index (Phi) is 9.42. The maximum atomic E-state index is 14.0. The van der Waals surface area contributed by atoms with Gasteiger partial charge in [0.25, 0.3) is 0 Å². The van der Waals surface area contributed by atoms with Gasteiger partial charge in [-0.3, -0.25) is 4.57 Å². The Bertz CT molecular complexity index is 741. The van der Waals surface area contributed by atoms with E-state index < -0.39 is 13.4 Å². The van der Waals surface area contributed by atoms with Gasteiger partial charge in [-0.05, 0) is 49.3 Å². The maximum Gasteiger partial charge on any atom is 0.357 e. The van der Waals surface area contributed by atoms with Crippen LogP contribution in [0.25, 0.3) is 0 Å². The zero-order valence-electron chi connectivity index (χ0n) is 18.4. The van der Waals surface area contributed by atoms with E-state index in [9.17, 15) is 4.57 Å². The first kappa shape index (κ1) is 23.7. The molecule has 0 saturated heterocycles. The van der Waals surface area contributed by atoms with Crippen LogP contribution in [0.15, 0.2) is 54.6 Å². The van der Waals surface area contributed by atoms with E-state index >= 15 is 0 Å². The molecule has 0 aliphatic carbocycles. The number of hydrogen-bond acceptors (Lipinski definition) is 4. The largest absolute Gasteiger partial charge is 0.368 e. The van der Waals surface area contributed by atoms with Crippen LogP contribution in [0, 0.1) is 18.8 Å². The third-order valence-electron chi connectivity index (χ3n) is 4.72. The van der Waals surface area contributed by atoms with E-state index in [2.05, 4.69) is 33.0 Å². The van der Waals surface area contributed by atoms with Gasteiger partial charge >= 0.3 is 7.60 Å². The first-order valence-electron chi connectivity index (χ1n) is 10.6. The van der Waals surface area contributed by atoms with E-state index in [1.54, 1.807) is 0 Å². The Morgan fingerprint density at radius 1 is 0.828 bits per heavy atom. The molecule has 0 heterocycles. The minimum absolute atomic E-state index is 0.412. The molecule has 0 fully saturated rings. The minimum Gasteiger partial charge on any atom is -0.368 e. The second-order valence-corrected chi connectivity index (χ2v) is 10.5. The number of nitrogens with one attached hydrogen (secondary N) is 1. The summed E-state index contributed by atoms with van der Waals surface area (Å²) in [5, 5.41) is 3.43. The molecule has 2 rings (SSSR count). The first-order valence-corrected chi connectivity index (χ1v) is 12.2. The van der Waals surface area contributed by atoms with Crippen LogP contribution in [0.3, 0.4) is 0 Å². The molecule has 0 saturated carbocycles. The molecule has 0 amide bonds. The van der Waals surface area contributed by atoms with E-state index in [1.807, 2.05) is 61.5 Å². The van der Waals surface area contributed by atoms with Gasteiger partial charge in [0, 0.05) is 5.69 Å².